The first kappa shape index (κ1) is 16.5. The van der Waals surface area contributed by atoms with Crippen LogP contribution >= 0.6 is 11.3 Å². The summed E-state index contributed by atoms with van der Waals surface area (Å²) in [5, 5.41) is 1.76. The standard InChI is InChI=1S/C18H16N4O3S/c1-11-3-5-14(6-4-11)22-12(2)16(24)21(18(22)25)10-13-9-15(23)20-7-8-26-17(20)19-13/h3-9,12H,10H2,1-2H3/t12-/m1/s1. The Hall–Kier alpha value is -3.00. The maximum absolute atomic E-state index is 12.8. The van der Waals surface area contributed by atoms with E-state index in [0.29, 0.717) is 16.3 Å². The van der Waals surface area contributed by atoms with Gasteiger partial charge in [-0.15, -0.1) is 11.3 Å². The molecule has 0 radical (unpaired) electrons. The summed E-state index contributed by atoms with van der Waals surface area (Å²) in [6.45, 7) is 3.64. The van der Waals surface area contributed by atoms with Crippen molar-refractivity contribution in [2.24, 2.45) is 0 Å². The van der Waals surface area contributed by atoms with Crippen molar-refractivity contribution in [1.82, 2.24) is 14.3 Å². The van der Waals surface area contributed by atoms with Gasteiger partial charge in [0.1, 0.15) is 6.04 Å². The number of aryl methyl sites for hydroxylation is 1. The van der Waals surface area contributed by atoms with Gasteiger partial charge in [-0.25, -0.2) is 9.78 Å². The second-order valence-electron chi connectivity index (χ2n) is 6.23. The van der Waals surface area contributed by atoms with Gasteiger partial charge in [0.15, 0.2) is 4.96 Å². The van der Waals surface area contributed by atoms with Crippen LogP contribution in [0.4, 0.5) is 10.5 Å². The predicted octanol–water partition coefficient (Wildman–Crippen LogP) is 2.42. The molecule has 0 N–H and O–H groups in total. The number of benzene rings is 1. The minimum atomic E-state index is -0.600. The topological polar surface area (TPSA) is 75.0 Å². The average Bonchev–Trinajstić information content (AvgIpc) is 3.16. The smallest absolute Gasteiger partial charge is 0.282 e. The van der Waals surface area contributed by atoms with Gasteiger partial charge in [-0.05, 0) is 26.0 Å². The SMILES string of the molecule is Cc1ccc(N2C(=O)N(Cc3cc(=O)n4ccsc4n3)C(=O)[C@H]2C)cc1. The Kier molecular flexibility index (Phi) is 3.84. The molecule has 1 atom stereocenters. The van der Waals surface area contributed by atoms with E-state index in [1.165, 1.54) is 26.7 Å². The van der Waals surface area contributed by atoms with Gasteiger partial charge in [0.2, 0.25) is 0 Å². The Labute approximate surface area is 153 Å². The summed E-state index contributed by atoms with van der Waals surface area (Å²) in [5.74, 6) is -0.302. The lowest BCUT2D eigenvalue weighted by Crippen LogP contribution is -2.34. The van der Waals surface area contributed by atoms with Gasteiger partial charge in [-0.1, -0.05) is 17.7 Å². The van der Waals surface area contributed by atoms with Crippen molar-refractivity contribution in [3.63, 3.8) is 0 Å². The summed E-state index contributed by atoms with van der Waals surface area (Å²) < 4.78 is 1.43. The van der Waals surface area contributed by atoms with Crippen molar-refractivity contribution in [3.05, 3.63) is 63.5 Å². The van der Waals surface area contributed by atoms with E-state index in [4.69, 9.17) is 0 Å². The van der Waals surface area contributed by atoms with Crippen LogP contribution in [-0.4, -0.2) is 32.3 Å². The first-order valence-corrected chi connectivity index (χ1v) is 9.00. The molecule has 1 fully saturated rings. The Morgan fingerprint density at radius 3 is 2.62 bits per heavy atom. The van der Waals surface area contributed by atoms with Gasteiger partial charge >= 0.3 is 6.03 Å². The monoisotopic (exact) mass is 368 g/mol. The first-order chi connectivity index (χ1) is 12.5. The fraction of sp³-hybridized carbons (Fsp3) is 0.222. The number of carbonyl (C=O) groups excluding carboxylic acids is 2. The molecule has 1 saturated heterocycles. The molecule has 7 nitrogen and oxygen atoms in total. The van der Waals surface area contributed by atoms with Crippen LogP contribution in [0.15, 0.2) is 46.7 Å². The molecule has 3 amide bonds. The van der Waals surface area contributed by atoms with Gasteiger partial charge in [0.05, 0.1) is 12.2 Å². The van der Waals surface area contributed by atoms with Crippen molar-refractivity contribution in [2.75, 3.05) is 4.90 Å². The minimum Gasteiger partial charge on any atom is -0.282 e. The van der Waals surface area contributed by atoms with Crippen LogP contribution in [0.5, 0.6) is 0 Å². The number of nitrogens with zero attached hydrogens (tertiary/aromatic N) is 4. The zero-order chi connectivity index (χ0) is 18.4. The van der Waals surface area contributed by atoms with Crippen LogP contribution in [0.25, 0.3) is 4.96 Å². The Morgan fingerprint density at radius 1 is 1.15 bits per heavy atom. The van der Waals surface area contributed by atoms with Crippen LogP contribution in [-0.2, 0) is 11.3 Å². The van der Waals surface area contributed by atoms with Crippen LogP contribution in [0, 0.1) is 6.92 Å². The largest absolute Gasteiger partial charge is 0.332 e. The zero-order valence-electron chi connectivity index (χ0n) is 14.2. The molecule has 1 aliphatic rings. The van der Waals surface area contributed by atoms with E-state index < -0.39 is 12.1 Å². The van der Waals surface area contributed by atoms with Crippen molar-refractivity contribution in [3.8, 4) is 0 Å². The molecule has 0 unspecified atom stereocenters. The third kappa shape index (κ3) is 2.59. The van der Waals surface area contributed by atoms with E-state index in [-0.39, 0.29) is 18.0 Å². The van der Waals surface area contributed by atoms with Crippen LogP contribution in [0.2, 0.25) is 0 Å². The molecule has 2 aromatic heterocycles. The number of rotatable bonds is 3. The van der Waals surface area contributed by atoms with Crippen molar-refractivity contribution in [1.29, 1.82) is 0 Å². The Bertz CT molecular complexity index is 1070. The highest BCUT2D eigenvalue weighted by molar-refractivity contribution is 7.15. The normalized spacial score (nSPS) is 17.5. The lowest BCUT2D eigenvalue weighted by Gasteiger charge is -2.19. The number of aromatic nitrogens is 2. The van der Waals surface area contributed by atoms with Crippen LogP contribution in [0.1, 0.15) is 18.2 Å². The van der Waals surface area contributed by atoms with Gasteiger partial charge in [-0.3, -0.25) is 23.8 Å². The number of urea groups is 1. The molecule has 0 aliphatic carbocycles. The van der Waals surface area contributed by atoms with E-state index in [1.807, 2.05) is 31.2 Å². The molecule has 1 aromatic carbocycles. The molecular formula is C18H16N4O3S. The fourth-order valence-electron chi connectivity index (χ4n) is 3.04. The maximum Gasteiger partial charge on any atom is 0.332 e. The van der Waals surface area contributed by atoms with E-state index >= 15 is 0 Å². The number of amides is 3. The summed E-state index contributed by atoms with van der Waals surface area (Å²) in [6, 6.07) is 7.80. The molecule has 0 spiro atoms. The molecule has 132 valence electrons. The predicted molar refractivity (Wildman–Crippen MR) is 98.4 cm³/mol. The zero-order valence-corrected chi connectivity index (χ0v) is 15.1. The molecule has 4 rings (SSSR count). The number of fused-ring (bicyclic) bond motifs is 1. The quantitative estimate of drug-likeness (QED) is 0.666. The number of hydrogen-bond donors (Lipinski definition) is 0. The summed E-state index contributed by atoms with van der Waals surface area (Å²) in [4.78, 5) is 45.1. The highest BCUT2D eigenvalue weighted by atomic mass is 32.1. The van der Waals surface area contributed by atoms with Gasteiger partial charge < -0.3 is 0 Å². The Morgan fingerprint density at radius 2 is 1.88 bits per heavy atom. The highest BCUT2D eigenvalue weighted by Gasteiger charge is 2.43. The van der Waals surface area contributed by atoms with E-state index in [9.17, 15) is 14.4 Å². The highest BCUT2D eigenvalue weighted by Crippen LogP contribution is 2.27. The van der Waals surface area contributed by atoms with Crippen molar-refractivity contribution >= 4 is 33.9 Å². The second-order valence-corrected chi connectivity index (χ2v) is 7.10. The summed E-state index contributed by atoms with van der Waals surface area (Å²) in [5.41, 5.74) is 1.92. The number of thiazole rings is 1. The van der Waals surface area contributed by atoms with Gasteiger partial charge in [0.25, 0.3) is 11.5 Å². The third-order valence-electron chi connectivity index (χ3n) is 4.44. The molecule has 8 heteroatoms. The molecule has 3 heterocycles. The van der Waals surface area contributed by atoms with Crippen molar-refractivity contribution < 1.29 is 9.59 Å². The molecule has 3 aromatic rings. The fourth-order valence-corrected chi connectivity index (χ4v) is 3.78. The van der Waals surface area contributed by atoms with Crippen molar-refractivity contribution in [2.45, 2.75) is 26.4 Å². The Balaban J connectivity index is 1.66. The molecule has 0 bridgehead atoms. The third-order valence-corrected chi connectivity index (χ3v) is 5.19. The van der Waals surface area contributed by atoms with Crippen LogP contribution in [0.3, 0.4) is 0 Å². The van der Waals surface area contributed by atoms with Gasteiger partial charge in [-0.2, -0.15) is 0 Å². The summed E-state index contributed by atoms with van der Waals surface area (Å²) in [7, 11) is 0. The lowest BCUT2D eigenvalue weighted by atomic mass is 10.2. The van der Waals surface area contributed by atoms with E-state index in [1.54, 1.807) is 18.5 Å². The minimum absolute atomic E-state index is 0.0198. The second kappa shape index (κ2) is 6.06. The molecule has 26 heavy (non-hydrogen) atoms. The summed E-state index contributed by atoms with van der Waals surface area (Å²) >= 11 is 1.33. The molecule has 0 saturated carbocycles. The first-order valence-electron chi connectivity index (χ1n) is 8.13. The number of imide groups is 1. The number of carbonyl (C=O) groups is 2. The molecular weight excluding hydrogens is 352 g/mol. The number of hydrogen-bond acceptors (Lipinski definition) is 5. The number of anilines is 1. The maximum atomic E-state index is 12.8. The average molecular weight is 368 g/mol. The summed E-state index contributed by atoms with van der Waals surface area (Å²) in [6.07, 6.45) is 1.65. The lowest BCUT2D eigenvalue weighted by molar-refractivity contribution is -0.127. The van der Waals surface area contributed by atoms with Gasteiger partial charge in [0, 0.05) is 23.3 Å². The van der Waals surface area contributed by atoms with Crippen LogP contribution < -0.4 is 10.5 Å². The van der Waals surface area contributed by atoms with E-state index in [2.05, 4.69) is 4.98 Å². The van der Waals surface area contributed by atoms with E-state index in [0.717, 1.165) is 10.5 Å². The molecule has 1 aliphatic heterocycles.